The van der Waals surface area contributed by atoms with Crippen molar-refractivity contribution >= 4 is 12.3 Å². The average Bonchev–Trinajstić information content (AvgIpc) is 1.91. The van der Waals surface area contributed by atoms with Crippen LogP contribution in [0, 0.1) is 5.92 Å². The lowest BCUT2D eigenvalue weighted by molar-refractivity contribution is -0.145. The normalized spacial score (nSPS) is 12.2. The van der Waals surface area contributed by atoms with Crippen LogP contribution in [-0.4, -0.2) is 18.9 Å². The molecular formula is C7H11O3. The predicted molar refractivity (Wildman–Crippen MR) is 36.1 cm³/mol. The summed E-state index contributed by atoms with van der Waals surface area (Å²) in [4.78, 5) is 20.7. The largest absolute Gasteiger partial charge is 0.465 e. The summed E-state index contributed by atoms with van der Waals surface area (Å²) < 4.78 is 4.58. The third-order valence-corrected chi connectivity index (χ3v) is 1.12. The van der Waals surface area contributed by atoms with Gasteiger partial charge in [-0.05, 0) is 13.3 Å². The first-order valence-electron chi connectivity index (χ1n) is 3.30. The standard InChI is InChI=1S/C7H11O3/c1-3-6(5-8)7(9)10-4-2/h6H,3-4H2,1-2H3. The second kappa shape index (κ2) is 4.97. The highest BCUT2D eigenvalue weighted by molar-refractivity contribution is 5.87. The highest BCUT2D eigenvalue weighted by Gasteiger charge is 2.16. The Kier molecular flexibility index (Phi) is 4.54. The second-order valence-corrected chi connectivity index (χ2v) is 1.83. The fraction of sp³-hybridized carbons (Fsp3) is 0.714. The molecule has 0 heterocycles. The number of carbonyl (C=O) groups is 1. The van der Waals surface area contributed by atoms with Crippen LogP contribution < -0.4 is 0 Å². The van der Waals surface area contributed by atoms with Gasteiger partial charge in [0.05, 0.1) is 6.61 Å². The molecule has 1 unspecified atom stereocenters. The Labute approximate surface area is 60.4 Å². The van der Waals surface area contributed by atoms with Crippen LogP contribution in [-0.2, 0) is 14.3 Å². The van der Waals surface area contributed by atoms with Gasteiger partial charge in [-0.1, -0.05) is 6.92 Å². The van der Waals surface area contributed by atoms with Crippen molar-refractivity contribution in [2.75, 3.05) is 6.61 Å². The maximum absolute atomic E-state index is 10.7. The molecule has 1 radical (unpaired) electrons. The lowest BCUT2D eigenvalue weighted by atomic mass is 10.1. The molecule has 0 saturated carbocycles. The molecule has 0 bridgehead atoms. The maximum Gasteiger partial charge on any atom is 0.316 e. The lowest BCUT2D eigenvalue weighted by Crippen LogP contribution is -2.17. The zero-order valence-corrected chi connectivity index (χ0v) is 6.22. The highest BCUT2D eigenvalue weighted by atomic mass is 16.5. The van der Waals surface area contributed by atoms with Crippen molar-refractivity contribution in [2.24, 2.45) is 5.92 Å². The molecule has 0 spiro atoms. The zero-order chi connectivity index (χ0) is 7.98. The molecule has 3 nitrogen and oxygen atoms in total. The van der Waals surface area contributed by atoms with Crippen molar-refractivity contribution in [3.63, 3.8) is 0 Å². The highest BCUT2D eigenvalue weighted by Crippen LogP contribution is 2.00. The molecule has 0 amide bonds. The van der Waals surface area contributed by atoms with E-state index in [1.807, 2.05) is 0 Å². The third-order valence-electron chi connectivity index (χ3n) is 1.12. The Balaban J connectivity index is 3.76. The van der Waals surface area contributed by atoms with E-state index in [1.165, 1.54) is 0 Å². The molecule has 0 fully saturated rings. The van der Waals surface area contributed by atoms with Crippen LogP contribution in [0.3, 0.4) is 0 Å². The first kappa shape index (κ1) is 9.14. The van der Waals surface area contributed by atoms with E-state index in [1.54, 1.807) is 20.1 Å². The van der Waals surface area contributed by atoms with Crippen LogP contribution in [0.5, 0.6) is 0 Å². The molecule has 10 heavy (non-hydrogen) atoms. The van der Waals surface area contributed by atoms with Gasteiger partial charge in [-0.2, -0.15) is 0 Å². The number of rotatable bonds is 4. The van der Waals surface area contributed by atoms with E-state index < -0.39 is 11.9 Å². The molecule has 0 N–H and O–H groups in total. The molecule has 57 valence electrons. The van der Waals surface area contributed by atoms with Gasteiger partial charge in [-0.15, -0.1) is 0 Å². The Hall–Kier alpha value is -0.860. The van der Waals surface area contributed by atoms with Crippen LogP contribution in [0.15, 0.2) is 0 Å². The van der Waals surface area contributed by atoms with Gasteiger partial charge in [0.25, 0.3) is 0 Å². The first-order chi connectivity index (χ1) is 4.76. The first-order valence-corrected chi connectivity index (χ1v) is 3.30. The quantitative estimate of drug-likeness (QED) is 0.429. The monoisotopic (exact) mass is 143 g/mol. The summed E-state index contributed by atoms with van der Waals surface area (Å²) in [6, 6.07) is 0. The van der Waals surface area contributed by atoms with E-state index >= 15 is 0 Å². The minimum absolute atomic E-state index is 0.316. The average molecular weight is 143 g/mol. The van der Waals surface area contributed by atoms with Crippen molar-refractivity contribution in [3.8, 4) is 0 Å². The Morgan fingerprint density at radius 1 is 1.60 bits per heavy atom. The zero-order valence-electron chi connectivity index (χ0n) is 6.22. The van der Waals surface area contributed by atoms with Crippen LogP contribution in [0.2, 0.25) is 0 Å². The molecule has 0 aliphatic heterocycles. The number of carbonyl (C=O) groups excluding carboxylic acids is 2. The van der Waals surface area contributed by atoms with E-state index in [-0.39, 0.29) is 0 Å². The summed E-state index contributed by atoms with van der Waals surface area (Å²) in [7, 11) is 0. The smallest absolute Gasteiger partial charge is 0.316 e. The van der Waals surface area contributed by atoms with Crippen LogP contribution in [0.25, 0.3) is 0 Å². The van der Waals surface area contributed by atoms with Gasteiger partial charge >= 0.3 is 5.97 Å². The maximum atomic E-state index is 10.7. The van der Waals surface area contributed by atoms with Crippen molar-refractivity contribution in [1.29, 1.82) is 0 Å². The number of esters is 1. The van der Waals surface area contributed by atoms with Crippen LogP contribution in [0.1, 0.15) is 20.3 Å². The summed E-state index contributed by atoms with van der Waals surface area (Å²) in [5, 5.41) is 0. The fourth-order valence-corrected chi connectivity index (χ4v) is 0.541. The second-order valence-electron chi connectivity index (χ2n) is 1.83. The predicted octanol–water partition coefficient (Wildman–Crippen LogP) is 0.685. The lowest BCUT2D eigenvalue weighted by Gasteiger charge is -2.03. The topological polar surface area (TPSA) is 43.4 Å². The van der Waals surface area contributed by atoms with Crippen molar-refractivity contribution in [3.05, 3.63) is 0 Å². The fourth-order valence-electron chi connectivity index (χ4n) is 0.541. The van der Waals surface area contributed by atoms with Gasteiger partial charge < -0.3 is 4.74 Å². The Bertz CT molecular complexity index is 120. The summed E-state index contributed by atoms with van der Waals surface area (Å²) in [6.45, 7) is 3.76. The van der Waals surface area contributed by atoms with Gasteiger partial charge in [-0.3, -0.25) is 9.59 Å². The van der Waals surface area contributed by atoms with Gasteiger partial charge in [0.15, 0.2) is 0 Å². The molecule has 0 saturated heterocycles. The van der Waals surface area contributed by atoms with E-state index in [2.05, 4.69) is 4.74 Å². The minimum atomic E-state index is -0.694. The number of ether oxygens (including phenoxy) is 1. The molecule has 0 rings (SSSR count). The molecule has 0 aliphatic rings. The molecule has 0 aromatic carbocycles. The van der Waals surface area contributed by atoms with E-state index in [0.717, 1.165) is 0 Å². The molecule has 3 heteroatoms. The van der Waals surface area contributed by atoms with Crippen molar-refractivity contribution in [1.82, 2.24) is 0 Å². The summed E-state index contributed by atoms with van der Waals surface area (Å²) in [6.07, 6.45) is 2.07. The summed E-state index contributed by atoms with van der Waals surface area (Å²) in [5.74, 6) is -1.17. The third kappa shape index (κ3) is 2.62. The van der Waals surface area contributed by atoms with E-state index in [4.69, 9.17) is 0 Å². The number of hydrogen-bond acceptors (Lipinski definition) is 3. The summed E-state index contributed by atoms with van der Waals surface area (Å²) >= 11 is 0. The van der Waals surface area contributed by atoms with Crippen molar-refractivity contribution in [2.45, 2.75) is 20.3 Å². The van der Waals surface area contributed by atoms with Crippen LogP contribution in [0.4, 0.5) is 0 Å². The van der Waals surface area contributed by atoms with E-state index in [0.29, 0.717) is 13.0 Å². The van der Waals surface area contributed by atoms with Gasteiger partial charge in [0.1, 0.15) is 5.92 Å². The van der Waals surface area contributed by atoms with Gasteiger partial charge in [0.2, 0.25) is 6.29 Å². The van der Waals surface area contributed by atoms with Crippen LogP contribution >= 0.6 is 0 Å². The van der Waals surface area contributed by atoms with Gasteiger partial charge in [-0.25, -0.2) is 0 Å². The SMILES string of the molecule is CCOC(=O)C([C]=O)CC. The molecule has 0 aliphatic carbocycles. The van der Waals surface area contributed by atoms with Crippen molar-refractivity contribution < 1.29 is 14.3 Å². The number of hydrogen-bond donors (Lipinski definition) is 0. The molecule has 0 aromatic heterocycles. The molecular weight excluding hydrogens is 132 g/mol. The Morgan fingerprint density at radius 2 is 2.20 bits per heavy atom. The van der Waals surface area contributed by atoms with E-state index in [9.17, 15) is 9.59 Å². The minimum Gasteiger partial charge on any atom is -0.465 e. The van der Waals surface area contributed by atoms with Gasteiger partial charge in [0, 0.05) is 0 Å². The summed E-state index contributed by atoms with van der Waals surface area (Å²) in [5.41, 5.74) is 0. The molecule has 0 aromatic rings. The Morgan fingerprint density at radius 3 is 2.50 bits per heavy atom. The molecule has 1 atom stereocenters.